The Labute approximate surface area is 56.9 Å². The van der Waals surface area contributed by atoms with E-state index >= 15 is 0 Å². The van der Waals surface area contributed by atoms with Crippen molar-refractivity contribution in [1.29, 1.82) is 0 Å². The number of aromatic nitrogens is 2. The Morgan fingerprint density at radius 2 is 2.00 bits per heavy atom. The van der Waals surface area contributed by atoms with Gasteiger partial charge in [0.25, 0.3) is 0 Å². The van der Waals surface area contributed by atoms with Crippen molar-refractivity contribution in [3.05, 3.63) is 35.0 Å². The SMILES string of the molecule is [CH]c1cnc([N+](=O)[O-])nc1. The maximum Gasteiger partial charge on any atom is 0.468 e. The molecule has 1 aromatic heterocycles. The van der Waals surface area contributed by atoms with E-state index in [0.717, 1.165) is 0 Å². The van der Waals surface area contributed by atoms with E-state index in [-0.39, 0.29) is 0 Å². The van der Waals surface area contributed by atoms with Gasteiger partial charge in [-0.15, -0.1) is 0 Å². The third-order valence-electron chi connectivity index (χ3n) is 0.821. The van der Waals surface area contributed by atoms with Crippen LogP contribution in [0.5, 0.6) is 0 Å². The highest BCUT2D eigenvalue weighted by molar-refractivity contribution is 5.12. The lowest BCUT2D eigenvalue weighted by atomic mass is 10.4. The molecule has 1 aromatic rings. The maximum absolute atomic E-state index is 9.95. The molecule has 10 heavy (non-hydrogen) atoms. The molecule has 0 spiro atoms. The first-order chi connectivity index (χ1) is 4.70. The Hall–Kier alpha value is -1.52. The van der Waals surface area contributed by atoms with Crippen LogP contribution in [0.2, 0.25) is 0 Å². The summed E-state index contributed by atoms with van der Waals surface area (Å²) >= 11 is 0. The maximum atomic E-state index is 9.95. The summed E-state index contributed by atoms with van der Waals surface area (Å²) < 4.78 is 0. The van der Waals surface area contributed by atoms with Crippen LogP contribution in [0.4, 0.5) is 5.95 Å². The highest BCUT2D eigenvalue weighted by Gasteiger charge is 2.05. The van der Waals surface area contributed by atoms with Crippen molar-refractivity contribution in [3.63, 3.8) is 0 Å². The molecule has 0 aliphatic rings. The number of hydrogen-bond donors (Lipinski definition) is 0. The van der Waals surface area contributed by atoms with Gasteiger partial charge >= 0.3 is 5.95 Å². The zero-order valence-electron chi connectivity index (χ0n) is 4.89. The van der Waals surface area contributed by atoms with Crippen LogP contribution >= 0.6 is 0 Å². The summed E-state index contributed by atoms with van der Waals surface area (Å²) in [7, 11) is 0. The summed E-state index contributed by atoms with van der Waals surface area (Å²) in [6, 6.07) is 0. The zero-order chi connectivity index (χ0) is 7.56. The van der Waals surface area contributed by atoms with E-state index in [4.69, 9.17) is 6.92 Å². The Balaban J connectivity index is 3.00. The quantitative estimate of drug-likeness (QED) is 0.416. The molecule has 0 atom stereocenters. The fourth-order valence-corrected chi connectivity index (χ4v) is 0.425. The summed E-state index contributed by atoms with van der Waals surface area (Å²) in [5.74, 6) is -0.436. The predicted octanol–water partition coefficient (Wildman–Crippen LogP) is 0.444. The molecule has 0 fully saturated rings. The third kappa shape index (κ3) is 1.25. The van der Waals surface area contributed by atoms with Crippen LogP contribution in [0.15, 0.2) is 12.4 Å². The molecule has 5 heteroatoms. The van der Waals surface area contributed by atoms with E-state index in [2.05, 4.69) is 9.97 Å². The molecule has 0 unspecified atom stereocenters. The van der Waals surface area contributed by atoms with Crippen LogP contribution in [-0.4, -0.2) is 14.9 Å². The summed E-state index contributed by atoms with van der Waals surface area (Å²) in [4.78, 5) is 16.0. The molecule has 0 saturated heterocycles. The topological polar surface area (TPSA) is 68.9 Å². The summed E-state index contributed by atoms with van der Waals surface area (Å²) in [5.41, 5.74) is 0.311. The van der Waals surface area contributed by atoms with E-state index in [0.29, 0.717) is 5.56 Å². The second-order valence-corrected chi connectivity index (χ2v) is 1.57. The van der Waals surface area contributed by atoms with Crippen LogP contribution in [0.25, 0.3) is 0 Å². The zero-order valence-corrected chi connectivity index (χ0v) is 4.89. The van der Waals surface area contributed by atoms with Gasteiger partial charge in [-0.2, -0.15) is 0 Å². The first kappa shape index (κ1) is 6.60. The van der Waals surface area contributed by atoms with Crippen molar-refractivity contribution in [2.75, 3.05) is 0 Å². The van der Waals surface area contributed by atoms with Gasteiger partial charge in [0.15, 0.2) is 0 Å². The van der Waals surface area contributed by atoms with Crippen molar-refractivity contribution in [2.24, 2.45) is 0 Å². The summed E-state index contributed by atoms with van der Waals surface area (Å²) in [5, 5.41) is 9.95. The van der Waals surface area contributed by atoms with Gasteiger partial charge in [-0.3, -0.25) is 0 Å². The average molecular weight is 137 g/mol. The van der Waals surface area contributed by atoms with E-state index in [9.17, 15) is 10.1 Å². The first-order valence-corrected chi connectivity index (χ1v) is 2.42. The second-order valence-electron chi connectivity index (χ2n) is 1.57. The molecule has 0 amide bonds. The largest absolute Gasteiger partial charge is 0.468 e. The van der Waals surface area contributed by atoms with E-state index < -0.39 is 10.9 Å². The van der Waals surface area contributed by atoms with Gasteiger partial charge in [0, 0.05) is 12.5 Å². The van der Waals surface area contributed by atoms with E-state index in [1.54, 1.807) is 0 Å². The average Bonchev–Trinajstić information content (AvgIpc) is 1.88. The molecule has 0 N–H and O–H groups in total. The monoisotopic (exact) mass is 137 g/mol. The van der Waals surface area contributed by atoms with Gasteiger partial charge in [-0.1, -0.05) is 9.97 Å². The standard InChI is InChI=1S/C5H3N3O2/c1-4-2-6-5(7-3-4)8(9)10/h1-3H. The number of nitrogens with zero attached hydrogens (tertiary/aromatic N) is 3. The van der Waals surface area contributed by atoms with Gasteiger partial charge in [0.1, 0.15) is 12.4 Å². The second kappa shape index (κ2) is 2.38. The van der Waals surface area contributed by atoms with E-state index in [1.165, 1.54) is 12.4 Å². The lowest BCUT2D eigenvalue weighted by molar-refractivity contribution is -0.394. The Bertz CT molecular complexity index is 244. The molecule has 0 aliphatic heterocycles. The summed E-state index contributed by atoms with van der Waals surface area (Å²) in [6.45, 7) is 5.18. The number of nitro groups is 1. The van der Waals surface area contributed by atoms with Crippen molar-refractivity contribution in [1.82, 2.24) is 9.97 Å². The van der Waals surface area contributed by atoms with Crippen LogP contribution in [-0.2, 0) is 0 Å². The third-order valence-corrected chi connectivity index (χ3v) is 0.821. The normalized spacial score (nSPS) is 9.30. The number of rotatable bonds is 1. The molecule has 1 rings (SSSR count). The first-order valence-electron chi connectivity index (χ1n) is 2.42. The molecular weight excluding hydrogens is 134 g/mol. The minimum Gasteiger partial charge on any atom is -0.390 e. The fraction of sp³-hybridized carbons (Fsp3) is 0. The highest BCUT2D eigenvalue weighted by Crippen LogP contribution is 1.99. The molecule has 1 heterocycles. The molecule has 0 bridgehead atoms. The van der Waals surface area contributed by atoms with Crippen molar-refractivity contribution in [2.45, 2.75) is 0 Å². The Morgan fingerprint density at radius 3 is 2.40 bits per heavy atom. The Morgan fingerprint density at radius 1 is 1.50 bits per heavy atom. The van der Waals surface area contributed by atoms with Crippen LogP contribution in [0, 0.1) is 17.0 Å². The smallest absolute Gasteiger partial charge is 0.390 e. The highest BCUT2D eigenvalue weighted by atomic mass is 16.6. The summed E-state index contributed by atoms with van der Waals surface area (Å²) in [6.07, 6.45) is 2.37. The van der Waals surface area contributed by atoms with Crippen LogP contribution in [0.3, 0.4) is 0 Å². The molecule has 0 saturated carbocycles. The number of hydrogen-bond acceptors (Lipinski definition) is 4. The van der Waals surface area contributed by atoms with Crippen LogP contribution in [0.1, 0.15) is 5.56 Å². The van der Waals surface area contributed by atoms with Gasteiger partial charge in [0.2, 0.25) is 0 Å². The van der Waals surface area contributed by atoms with Gasteiger partial charge in [-0.25, -0.2) is 0 Å². The fourth-order valence-electron chi connectivity index (χ4n) is 0.425. The van der Waals surface area contributed by atoms with Crippen LogP contribution < -0.4 is 0 Å². The van der Waals surface area contributed by atoms with Crippen molar-refractivity contribution >= 4 is 5.95 Å². The minimum absolute atomic E-state index is 0.311. The Kier molecular flexibility index (Phi) is 1.57. The van der Waals surface area contributed by atoms with Crippen molar-refractivity contribution in [3.8, 4) is 0 Å². The lowest BCUT2D eigenvalue weighted by Crippen LogP contribution is -1.94. The molecule has 50 valence electrons. The molecule has 0 aliphatic carbocycles. The van der Waals surface area contributed by atoms with E-state index in [1.807, 2.05) is 0 Å². The molecule has 5 nitrogen and oxygen atoms in total. The van der Waals surface area contributed by atoms with Crippen molar-refractivity contribution < 1.29 is 4.92 Å². The minimum atomic E-state index is -0.681. The molecule has 0 aromatic carbocycles. The van der Waals surface area contributed by atoms with Gasteiger partial charge in [0.05, 0.1) is 0 Å². The predicted molar refractivity (Wildman–Crippen MR) is 32.1 cm³/mol. The van der Waals surface area contributed by atoms with Gasteiger partial charge < -0.3 is 10.1 Å². The van der Waals surface area contributed by atoms with Gasteiger partial charge in [-0.05, 0) is 4.92 Å². The molecule has 2 radical (unpaired) electrons. The lowest BCUT2D eigenvalue weighted by Gasteiger charge is -1.88. The molecular formula is C5H3N3O2.